The second-order valence-electron chi connectivity index (χ2n) is 6.32. The second kappa shape index (κ2) is 7.55. The van der Waals surface area contributed by atoms with E-state index in [1.807, 2.05) is 6.92 Å². The molecule has 2 amide bonds. The lowest BCUT2D eigenvalue weighted by Crippen LogP contribution is -2.51. The highest BCUT2D eigenvalue weighted by Gasteiger charge is 2.22. The lowest BCUT2D eigenvalue weighted by molar-refractivity contribution is -0.130. The molecule has 0 saturated carbocycles. The van der Waals surface area contributed by atoms with Crippen molar-refractivity contribution < 1.29 is 14.0 Å². The Kier molecular flexibility index (Phi) is 5.20. The standard InChI is InChI=1S/C18H22FN5O2/c1-13-11-16(21-22(13)2)18(26)20-12-17(25)24-9-7-23(8-10-24)15-5-3-14(19)4-6-15/h3-6,11H,7-10,12H2,1-2H3,(H,20,26). The van der Waals surface area contributed by atoms with Crippen LogP contribution >= 0.6 is 0 Å². The van der Waals surface area contributed by atoms with Crippen molar-refractivity contribution in [3.05, 3.63) is 47.5 Å². The van der Waals surface area contributed by atoms with Crippen LogP contribution < -0.4 is 10.2 Å². The van der Waals surface area contributed by atoms with E-state index in [0.29, 0.717) is 31.9 Å². The number of piperazine rings is 1. The summed E-state index contributed by atoms with van der Waals surface area (Å²) in [4.78, 5) is 28.2. The predicted octanol–water partition coefficient (Wildman–Crippen LogP) is 0.946. The molecule has 3 rings (SSSR count). The molecule has 0 atom stereocenters. The molecular formula is C18H22FN5O2. The maximum absolute atomic E-state index is 13.0. The Labute approximate surface area is 151 Å². The number of nitrogens with zero attached hydrogens (tertiary/aromatic N) is 4. The number of aromatic nitrogens is 2. The molecule has 1 aromatic carbocycles. The van der Waals surface area contributed by atoms with Gasteiger partial charge in [-0.05, 0) is 37.3 Å². The number of hydrogen-bond acceptors (Lipinski definition) is 4. The van der Waals surface area contributed by atoms with E-state index in [0.717, 1.165) is 11.4 Å². The van der Waals surface area contributed by atoms with Crippen molar-refractivity contribution in [2.45, 2.75) is 6.92 Å². The Balaban J connectivity index is 1.47. The van der Waals surface area contributed by atoms with Gasteiger partial charge in [0.1, 0.15) is 11.5 Å². The van der Waals surface area contributed by atoms with Crippen LogP contribution in [0, 0.1) is 12.7 Å². The Morgan fingerprint density at radius 3 is 2.38 bits per heavy atom. The van der Waals surface area contributed by atoms with Gasteiger partial charge in [-0.3, -0.25) is 14.3 Å². The van der Waals surface area contributed by atoms with Crippen molar-refractivity contribution in [1.82, 2.24) is 20.0 Å². The lowest BCUT2D eigenvalue weighted by Gasteiger charge is -2.36. The molecule has 1 saturated heterocycles. The average Bonchev–Trinajstić information content (AvgIpc) is 2.99. The molecule has 0 spiro atoms. The predicted molar refractivity (Wildman–Crippen MR) is 95.5 cm³/mol. The molecule has 7 nitrogen and oxygen atoms in total. The van der Waals surface area contributed by atoms with E-state index in [1.165, 1.54) is 12.1 Å². The van der Waals surface area contributed by atoms with Gasteiger partial charge in [0.25, 0.3) is 5.91 Å². The Bertz CT molecular complexity index is 775. The minimum absolute atomic E-state index is 0.0506. The van der Waals surface area contributed by atoms with Gasteiger partial charge >= 0.3 is 0 Å². The normalized spacial score (nSPS) is 14.4. The van der Waals surface area contributed by atoms with Crippen LogP contribution in [0.2, 0.25) is 0 Å². The summed E-state index contributed by atoms with van der Waals surface area (Å²) in [5.74, 6) is -0.738. The summed E-state index contributed by atoms with van der Waals surface area (Å²) >= 11 is 0. The molecule has 2 heterocycles. The quantitative estimate of drug-likeness (QED) is 0.882. The highest BCUT2D eigenvalue weighted by molar-refractivity contribution is 5.95. The van der Waals surface area contributed by atoms with Gasteiger partial charge in [-0.2, -0.15) is 5.10 Å². The number of hydrogen-bond donors (Lipinski definition) is 1. The zero-order chi connectivity index (χ0) is 18.7. The fraction of sp³-hybridized carbons (Fsp3) is 0.389. The number of benzene rings is 1. The van der Waals surface area contributed by atoms with Crippen LogP contribution in [0.3, 0.4) is 0 Å². The van der Waals surface area contributed by atoms with Crippen LogP contribution in [0.4, 0.5) is 10.1 Å². The van der Waals surface area contributed by atoms with Gasteiger partial charge in [0.15, 0.2) is 0 Å². The Hall–Kier alpha value is -2.90. The molecule has 1 aromatic heterocycles. The highest BCUT2D eigenvalue weighted by atomic mass is 19.1. The van der Waals surface area contributed by atoms with Crippen LogP contribution in [0.1, 0.15) is 16.2 Å². The minimum Gasteiger partial charge on any atom is -0.368 e. The maximum atomic E-state index is 13.0. The number of rotatable bonds is 4. The first-order valence-corrected chi connectivity index (χ1v) is 8.51. The molecule has 0 unspecified atom stereocenters. The summed E-state index contributed by atoms with van der Waals surface area (Å²) in [5.41, 5.74) is 2.12. The number of amides is 2. The monoisotopic (exact) mass is 359 g/mol. The number of aryl methyl sites for hydroxylation is 2. The van der Waals surface area contributed by atoms with Crippen molar-refractivity contribution >= 4 is 17.5 Å². The summed E-state index contributed by atoms with van der Waals surface area (Å²) in [6, 6.07) is 8.02. The molecule has 1 N–H and O–H groups in total. The molecular weight excluding hydrogens is 337 g/mol. The zero-order valence-corrected chi connectivity index (χ0v) is 14.9. The second-order valence-corrected chi connectivity index (χ2v) is 6.32. The van der Waals surface area contributed by atoms with Crippen LogP contribution in [0.5, 0.6) is 0 Å². The number of carbonyl (C=O) groups is 2. The van der Waals surface area contributed by atoms with Crippen LogP contribution in [-0.2, 0) is 11.8 Å². The van der Waals surface area contributed by atoms with E-state index in [1.54, 1.807) is 34.8 Å². The smallest absolute Gasteiger partial charge is 0.272 e. The SMILES string of the molecule is Cc1cc(C(=O)NCC(=O)N2CCN(c3ccc(F)cc3)CC2)nn1C. The fourth-order valence-electron chi connectivity index (χ4n) is 2.90. The van der Waals surface area contributed by atoms with Crippen LogP contribution in [0.15, 0.2) is 30.3 Å². The largest absolute Gasteiger partial charge is 0.368 e. The first kappa shape index (κ1) is 17.9. The third-order valence-corrected chi connectivity index (χ3v) is 4.57. The third-order valence-electron chi connectivity index (χ3n) is 4.57. The molecule has 1 fully saturated rings. The minimum atomic E-state index is -0.355. The van der Waals surface area contributed by atoms with Crippen molar-refractivity contribution in [1.29, 1.82) is 0 Å². The summed E-state index contributed by atoms with van der Waals surface area (Å²) < 4.78 is 14.6. The van der Waals surface area contributed by atoms with E-state index in [-0.39, 0.29) is 24.2 Å². The van der Waals surface area contributed by atoms with Gasteiger partial charge < -0.3 is 15.1 Å². The molecule has 138 valence electrons. The van der Waals surface area contributed by atoms with Crippen LogP contribution in [0.25, 0.3) is 0 Å². The molecule has 0 aliphatic carbocycles. The average molecular weight is 359 g/mol. The van der Waals surface area contributed by atoms with Gasteiger partial charge in [-0.25, -0.2) is 4.39 Å². The maximum Gasteiger partial charge on any atom is 0.272 e. The Morgan fingerprint density at radius 1 is 1.15 bits per heavy atom. The molecule has 1 aliphatic heterocycles. The molecule has 26 heavy (non-hydrogen) atoms. The van der Waals surface area contributed by atoms with E-state index in [9.17, 15) is 14.0 Å². The topological polar surface area (TPSA) is 70.5 Å². The summed E-state index contributed by atoms with van der Waals surface area (Å²) in [5, 5.41) is 6.72. The van der Waals surface area contributed by atoms with Crippen molar-refractivity contribution in [2.24, 2.45) is 7.05 Å². The molecule has 1 aliphatic rings. The number of nitrogens with one attached hydrogen (secondary N) is 1. The zero-order valence-electron chi connectivity index (χ0n) is 14.9. The third kappa shape index (κ3) is 4.01. The number of halogens is 1. The lowest BCUT2D eigenvalue weighted by atomic mass is 10.2. The van der Waals surface area contributed by atoms with Crippen molar-refractivity contribution in [3.63, 3.8) is 0 Å². The first-order valence-electron chi connectivity index (χ1n) is 8.51. The summed E-state index contributed by atoms with van der Waals surface area (Å²) in [6.45, 7) is 4.28. The van der Waals surface area contributed by atoms with Gasteiger partial charge in [0.2, 0.25) is 5.91 Å². The van der Waals surface area contributed by atoms with E-state index >= 15 is 0 Å². The number of carbonyl (C=O) groups excluding carboxylic acids is 2. The fourth-order valence-corrected chi connectivity index (χ4v) is 2.90. The van der Waals surface area contributed by atoms with Gasteiger partial charge in [-0.1, -0.05) is 0 Å². The highest BCUT2D eigenvalue weighted by Crippen LogP contribution is 2.16. The molecule has 8 heteroatoms. The molecule has 2 aromatic rings. The Morgan fingerprint density at radius 2 is 1.81 bits per heavy atom. The van der Waals surface area contributed by atoms with Crippen molar-refractivity contribution in [2.75, 3.05) is 37.6 Å². The molecule has 0 radical (unpaired) electrons. The first-order chi connectivity index (χ1) is 12.4. The number of anilines is 1. The van der Waals surface area contributed by atoms with E-state index < -0.39 is 0 Å². The van der Waals surface area contributed by atoms with Gasteiger partial charge in [0.05, 0.1) is 6.54 Å². The summed E-state index contributed by atoms with van der Waals surface area (Å²) in [6.07, 6.45) is 0. The van der Waals surface area contributed by atoms with Crippen molar-refractivity contribution in [3.8, 4) is 0 Å². The molecule has 0 bridgehead atoms. The summed E-state index contributed by atoms with van der Waals surface area (Å²) in [7, 11) is 1.76. The van der Waals surface area contributed by atoms with Gasteiger partial charge in [0, 0.05) is 44.6 Å². The van der Waals surface area contributed by atoms with Gasteiger partial charge in [-0.15, -0.1) is 0 Å². The van der Waals surface area contributed by atoms with Crippen LogP contribution in [-0.4, -0.2) is 59.2 Å². The van der Waals surface area contributed by atoms with E-state index in [4.69, 9.17) is 0 Å². The van der Waals surface area contributed by atoms with E-state index in [2.05, 4.69) is 15.3 Å².